The molecule has 0 saturated heterocycles. The molecule has 0 aliphatic carbocycles. The van der Waals surface area contributed by atoms with Crippen LogP contribution in [-0.2, 0) is 0 Å². The van der Waals surface area contributed by atoms with Gasteiger partial charge in [-0.25, -0.2) is 0 Å². The van der Waals surface area contributed by atoms with E-state index in [0.717, 1.165) is 22.9 Å². The summed E-state index contributed by atoms with van der Waals surface area (Å²) in [6, 6.07) is 13.9. The molecule has 138 valence electrons. The van der Waals surface area contributed by atoms with E-state index in [4.69, 9.17) is 23.2 Å². The van der Waals surface area contributed by atoms with Crippen molar-refractivity contribution in [3.8, 4) is 0 Å². The smallest absolute Gasteiger partial charge is 0.289 e. The molecule has 0 aromatic heterocycles. The lowest BCUT2D eigenvalue weighted by Gasteiger charge is -2.13. The minimum absolute atomic E-state index is 0.0496. The van der Waals surface area contributed by atoms with E-state index in [0.29, 0.717) is 10.5 Å². The van der Waals surface area contributed by atoms with Gasteiger partial charge in [0.05, 0.1) is 5.57 Å². The van der Waals surface area contributed by atoms with E-state index < -0.39 is 17.5 Å². The van der Waals surface area contributed by atoms with Crippen LogP contribution in [0.25, 0.3) is 16.3 Å². The van der Waals surface area contributed by atoms with Gasteiger partial charge in [0.2, 0.25) is 0 Å². The maximum absolute atomic E-state index is 13.6. The van der Waals surface area contributed by atoms with Gasteiger partial charge in [0.15, 0.2) is 5.78 Å². The molecule has 0 amide bonds. The summed E-state index contributed by atoms with van der Waals surface area (Å²) in [5, 5.41) is 1.70. The largest absolute Gasteiger partial charge is 0.417 e. The molecule has 0 N–H and O–H groups in total. The first-order valence-corrected chi connectivity index (χ1v) is 9.18. The van der Waals surface area contributed by atoms with Crippen LogP contribution in [0, 0.1) is 0 Å². The Balaban J connectivity index is 2.12. The third kappa shape index (κ3) is 4.54. The quantitative estimate of drug-likeness (QED) is 0.281. The first kappa shape index (κ1) is 19.9. The SMILES string of the molecule is O=C(C=C(c1cc(Cl)cc(Cl)c1)C(F)(F)F)c1cc(Br)c2ccccc2c1. The molecule has 0 aliphatic heterocycles. The molecule has 3 aromatic rings. The number of ketones is 1. The molecule has 0 atom stereocenters. The van der Waals surface area contributed by atoms with Crippen LogP contribution in [0.4, 0.5) is 13.2 Å². The second kappa shape index (κ2) is 7.66. The molecular weight excluding hydrogens is 464 g/mol. The second-order valence-electron chi connectivity index (χ2n) is 5.76. The van der Waals surface area contributed by atoms with Crippen molar-refractivity contribution < 1.29 is 18.0 Å². The molecule has 7 heteroatoms. The van der Waals surface area contributed by atoms with Crippen molar-refractivity contribution in [1.29, 1.82) is 0 Å². The Kier molecular flexibility index (Phi) is 5.65. The first-order chi connectivity index (χ1) is 12.6. The van der Waals surface area contributed by atoms with Gasteiger partial charge in [0.25, 0.3) is 0 Å². The number of hydrogen-bond acceptors (Lipinski definition) is 1. The molecule has 3 rings (SSSR count). The number of benzene rings is 3. The fourth-order valence-corrected chi connectivity index (χ4v) is 3.79. The van der Waals surface area contributed by atoms with Crippen LogP contribution >= 0.6 is 39.1 Å². The summed E-state index contributed by atoms with van der Waals surface area (Å²) in [4.78, 5) is 12.6. The minimum Gasteiger partial charge on any atom is -0.289 e. The van der Waals surface area contributed by atoms with Gasteiger partial charge in [0.1, 0.15) is 0 Å². The van der Waals surface area contributed by atoms with Crippen molar-refractivity contribution in [1.82, 2.24) is 0 Å². The van der Waals surface area contributed by atoms with Gasteiger partial charge in [-0.05, 0) is 52.7 Å². The highest BCUT2D eigenvalue weighted by atomic mass is 79.9. The fourth-order valence-electron chi connectivity index (χ4n) is 2.66. The van der Waals surface area contributed by atoms with Crippen molar-refractivity contribution >= 4 is 61.3 Å². The molecule has 0 aliphatic rings. The second-order valence-corrected chi connectivity index (χ2v) is 7.48. The molecule has 27 heavy (non-hydrogen) atoms. The van der Waals surface area contributed by atoms with Gasteiger partial charge in [-0.3, -0.25) is 4.79 Å². The van der Waals surface area contributed by atoms with E-state index in [9.17, 15) is 18.0 Å². The maximum Gasteiger partial charge on any atom is 0.417 e. The lowest BCUT2D eigenvalue weighted by atomic mass is 9.99. The van der Waals surface area contributed by atoms with Crippen molar-refractivity contribution in [2.75, 3.05) is 0 Å². The van der Waals surface area contributed by atoms with Gasteiger partial charge in [-0.15, -0.1) is 0 Å². The number of rotatable bonds is 3. The Morgan fingerprint density at radius 3 is 2.19 bits per heavy atom. The summed E-state index contributed by atoms with van der Waals surface area (Å²) >= 11 is 15.0. The van der Waals surface area contributed by atoms with Crippen LogP contribution in [0.15, 0.2) is 65.1 Å². The summed E-state index contributed by atoms with van der Waals surface area (Å²) in [5.41, 5.74) is -1.25. The Bertz CT molecular complexity index is 1050. The number of carbonyl (C=O) groups excluding carboxylic acids is 1. The molecule has 1 nitrogen and oxygen atoms in total. The Morgan fingerprint density at radius 1 is 0.926 bits per heavy atom. The molecular formula is C20H10BrCl2F3O. The number of carbonyl (C=O) groups is 1. The van der Waals surface area contributed by atoms with E-state index in [1.54, 1.807) is 18.2 Å². The first-order valence-electron chi connectivity index (χ1n) is 7.63. The highest BCUT2D eigenvalue weighted by Gasteiger charge is 2.35. The predicted octanol–water partition coefficient (Wildman–Crippen LogP) is 7.74. The van der Waals surface area contributed by atoms with Crippen LogP contribution in [0.5, 0.6) is 0 Å². The van der Waals surface area contributed by atoms with Crippen LogP contribution in [0.2, 0.25) is 10.0 Å². The molecule has 0 unspecified atom stereocenters. The Labute approximate surface area is 171 Å². The number of alkyl halides is 3. The third-order valence-electron chi connectivity index (χ3n) is 3.85. The molecule has 3 aromatic carbocycles. The maximum atomic E-state index is 13.6. The number of fused-ring (bicyclic) bond motifs is 1. The van der Waals surface area contributed by atoms with Gasteiger partial charge < -0.3 is 0 Å². The highest BCUT2D eigenvalue weighted by molar-refractivity contribution is 9.10. The molecule has 0 saturated carbocycles. The summed E-state index contributed by atoms with van der Waals surface area (Å²) in [5.74, 6) is -0.773. The zero-order chi connectivity index (χ0) is 19.8. The number of hydrogen-bond donors (Lipinski definition) is 0. The van der Waals surface area contributed by atoms with E-state index in [1.165, 1.54) is 12.1 Å². The zero-order valence-electron chi connectivity index (χ0n) is 13.4. The highest BCUT2D eigenvalue weighted by Crippen LogP contribution is 2.37. The van der Waals surface area contributed by atoms with Gasteiger partial charge >= 0.3 is 6.18 Å². The summed E-state index contributed by atoms with van der Waals surface area (Å²) < 4.78 is 41.3. The average Bonchev–Trinajstić information content (AvgIpc) is 2.57. The summed E-state index contributed by atoms with van der Waals surface area (Å²) in [7, 11) is 0. The number of halogens is 6. The molecule has 0 fully saturated rings. The Morgan fingerprint density at radius 2 is 1.56 bits per heavy atom. The molecule has 0 bridgehead atoms. The third-order valence-corrected chi connectivity index (χ3v) is 4.94. The minimum atomic E-state index is -4.75. The van der Waals surface area contributed by atoms with Crippen LogP contribution in [0.1, 0.15) is 15.9 Å². The topological polar surface area (TPSA) is 17.1 Å². The lowest BCUT2D eigenvalue weighted by Crippen LogP contribution is -2.13. The lowest BCUT2D eigenvalue weighted by molar-refractivity contribution is -0.0689. The van der Waals surface area contributed by atoms with E-state index in [1.807, 2.05) is 12.1 Å². The van der Waals surface area contributed by atoms with Crippen molar-refractivity contribution in [2.24, 2.45) is 0 Å². The van der Waals surface area contributed by atoms with Crippen molar-refractivity contribution in [3.63, 3.8) is 0 Å². The van der Waals surface area contributed by atoms with E-state index in [2.05, 4.69) is 15.9 Å². The monoisotopic (exact) mass is 472 g/mol. The van der Waals surface area contributed by atoms with Crippen LogP contribution in [0.3, 0.4) is 0 Å². The van der Waals surface area contributed by atoms with Crippen molar-refractivity contribution in [2.45, 2.75) is 6.18 Å². The molecule has 0 spiro atoms. The normalized spacial score (nSPS) is 12.4. The van der Waals surface area contributed by atoms with Crippen LogP contribution in [-0.4, -0.2) is 12.0 Å². The fraction of sp³-hybridized carbons (Fsp3) is 0.0500. The molecule has 0 radical (unpaired) electrons. The molecule has 0 heterocycles. The zero-order valence-corrected chi connectivity index (χ0v) is 16.5. The van der Waals surface area contributed by atoms with E-state index in [-0.39, 0.29) is 21.2 Å². The predicted molar refractivity (Wildman–Crippen MR) is 106 cm³/mol. The van der Waals surface area contributed by atoms with Crippen molar-refractivity contribution in [3.05, 3.63) is 86.3 Å². The van der Waals surface area contributed by atoms with Crippen LogP contribution < -0.4 is 0 Å². The van der Waals surface area contributed by atoms with Gasteiger partial charge in [-0.2, -0.15) is 13.2 Å². The average molecular weight is 474 g/mol. The summed E-state index contributed by atoms with van der Waals surface area (Å²) in [6.07, 6.45) is -4.18. The standard InChI is InChI=1S/C20H10BrCl2F3O/c21-18-8-13(5-11-3-1-2-4-16(11)18)19(27)10-17(20(24,25)26)12-6-14(22)9-15(23)7-12/h1-10H. The van der Waals surface area contributed by atoms with Gasteiger partial charge in [0, 0.05) is 20.1 Å². The number of allylic oxidation sites excluding steroid dienone is 2. The summed E-state index contributed by atoms with van der Waals surface area (Å²) in [6.45, 7) is 0. The Hall–Kier alpha value is -1.82. The van der Waals surface area contributed by atoms with E-state index >= 15 is 0 Å². The van der Waals surface area contributed by atoms with Gasteiger partial charge in [-0.1, -0.05) is 63.4 Å².